The molecule has 0 heterocycles. The molecule has 1 unspecified atom stereocenters. The van der Waals surface area contributed by atoms with Crippen LogP contribution in [0.1, 0.15) is 78.1 Å². The molecule has 2 N–H and O–H groups in total. The molecule has 1 aliphatic carbocycles. The van der Waals surface area contributed by atoms with Gasteiger partial charge in [-0.3, -0.25) is 9.59 Å². The van der Waals surface area contributed by atoms with Crippen LogP contribution in [0.25, 0.3) is 0 Å². The van der Waals surface area contributed by atoms with Crippen LogP contribution < -0.4 is 5.32 Å². The Balaban J connectivity index is 2.59. The highest BCUT2D eigenvalue weighted by atomic mass is 16.4. The molecule has 0 saturated heterocycles. The number of hydrogen-bond acceptors (Lipinski definition) is 2. The Kier molecular flexibility index (Phi) is 7.03. The number of carboxylic acid groups (broad SMARTS) is 1. The second-order valence-corrected chi connectivity index (χ2v) is 6.27. The number of aliphatic carboxylic acids is 1. The molecule has 0 aromatic rings. The molecule has 4 nitrogen and oxygen atoms in total. The van der Waals surface area contributed by atoms with Crippen molar-refractivity contribution in [1.82, 2.24) is 5.32 Å². The van der Waals surface area contributed by atoms with E-state index in [0.717, 1.165) is 51.4 Å². The van der Waals surface area contributed by atoms with E-state index in [2.05, 4.69) is 19.2 Å². The van der Waals surface area contributed by atoms with Gasteiger partial charge in [0.1, 0.15) is 0 Å². The highest BCUT2D eigenvalue weighted by Gasteiger charge is 2.36. The van der Waals surface area contributed by atoms with Crippen molar-refractivity contribution in [3.8, 4) is 0 Å². The lowest BCUT2D eigenvalue weighted by Crippen LogP contribution is -2.39. The summed E-state index contributed by atoms with van der Waals surface area (Å²) in [4.78, 5) is 23.3. The van der Waals surface area contributed by atoms with Crippen LogP contribution >= 0.6 is 0 Å². The predicted octanol–water partition coefficient (Wildman–Crippen LogP) is 3.50. The molecular weight excluding hydrogens is 254 g/mol. The number of hydrogen-bond donors (Lipinski definition) is 2. The van der Waals surface area contributed by atoms with Gasteiger partial charge in [0.2, 0.25) is 5.91 Å². The summed E-state index contributed by atoms with van der Waals surface area (Å²) >= 11 is 0. The van der Waals surface area contributed by atoms with E-state index >= 15 is 0 Å². The Morgan fingerprint density at radius 1 is 1.15 bits per heavy atom. The van der Waals surface area contributed by atoms with Crippen LogP contribution in [0.2, 0.25) is 0 Å². The fourth-order valence-corrected chi connectivity index (χ4v) is 3.38. The highest BCUT2D eigenvalue weighted by molar-refractivity contribution is 5.78. The van der Waals surface area contributed by atoms with Crippen LogP contribution in [0.3, 0.4) is 0 Å². The number of rotatable bonds is 8. The van der Waals surface area contributed by atoms with E-state index in [-0.39, 0.29) is 23.8 Å². The molecule has 0 radical (unpaired) electrons. The van der Waals surface area contributed by atoms with Gasteiger partial charge >= 0.3 is 5.97 Å². The van der Waals surface area contributed by atoms with Crippen LogP contribution in [0.4, 0.5) is 0 Å². The second-order valence-electron chi connectivity index (χ2n) is 6.27. The first-order valence-electron chi connectivity index (χ1n) is 8.02. The summed E-state index contributed by atoms with van der Waals surface area (Å²) < 4.78 is 0. The third kappa shape index (κ3) is 5.51. The van der Waals surface area contributed by atoms with Gasteiger partial charge < -0.3 is 10.4 Å². The molecule has 1 atom stereocenters. The van der Waals surface area contributed by atoms with Gasteiger partial charge in [0.15, 0.2) is 0 Å². The molecule has 116 valence electrons. The molecule has 1 fully saturated rings. The number of carboxylic acids is 1. The number of amides is 1. The maximum atomic E-state index is 12.2. The zero-order chi connectivity index (χ0) is 15.0. The summed E-state index contributed by atoms with van der Waals surface area (Å²) in [5.74, 6) is -0.742. The first-order chi connectivity index (χ1) is 9.51. The smallest absolute Gasteiger partial charge is 0.303 e. The zero-order valence-electron chi connectivity index (χ0n) is 12.9. The van der Waals surface area contributed by atoms with Crippen LogP contribution in [0.15, 0.2) is 0 Å². The number of carbonyl (C=O) groups is 2. The molecule has 1 aliphatic rings. The van der Waals surface area contributed by atoms with Crippen LogP contribution in [0.5, 0.6) is 0 Å². The Labute approximate surface area is 122 Å². The lowest BCUT2D eigenvalue weighted by Gasteiger charge is -2.36. The van der Waals surface area contributed by atoms with Crippen LogP contribution in [-0.2, 0) is 9.59 Å². The Hall–Kier alpha value is -1.06. The van der Waals surface area contributed by atoms with Crippen molar-refractivity contribution < 1.29 is 14.7 Å². The van der Waals surface area contributed by atoms with E-state index in [1.54, 1.807) is 0 Å². The van der Waals surface area contributed by atoms with E-state index in [4.69, 9.17) is 5.11 Å². The van der Waals surface area contributed by atoms with E-state index in [0.29, 0.717) is 6.42 Å². The molecule has 1 amide bonds. The second kappa shape index (κ2) is 8.28. The molecule has 4 heteroatoms. The molecule has 20 heavy (non-hydrogen) atoms. The van der Waals surface area contributed by atoms with Crippen molar-refractivity contribution in [1.29, 1.82) is 0 Å². The van der Waals surface area contributed by atoms with Gasteiger partial charge in [0.25, 0.3) is 0 Å². The topological polar surface area (TPSA) is 66.4 Å². The number of carbonyl (C=O) groups excluding carboxylic acids is 1. The average Bonchev–Trinajstić information content (AvgIpc) is 2.37. The molecule has 0 aromatic carbocycles. The summed E-state index contributed by atoms with van der Waals surface area (Å²) in [5.41, 5.74) is -0.307. The first-order valence-corrected chi connectivity index (χ1v) is 8.02. The molecule has 0 aromatic heterocycles. The Morgan fingerprint density at radius 2 is 1.80 bits per heavy atom. The van der Waals surface area contributed by atoms with Gasteiger partial charge in [-0.2, -0.15) is 0 Å². The highest BCUT2D eigenvalue weighted by Crippen LogP contribution is 2.42. The summed E-state index contributed by atoms with van der Waals surface area (Å²) in [7, 11) is 0. The van der Waals surface area contributed by atoms with Gasteiger partial charge in [0.05, 0.1) is 6.42 Å². The van der Waals surface area contributed by atoms with E-state index in [1.807, 2.05) is 0 Å². The van der Waals surface area contributed by atoms with Crippen LogP contribution in [-0.4, -0.2) is 23.0 Å². The summed E-state index contributed by atoms with van der Waals surface area (Å²) in [6.45, 7) is 4.19. The van der Waals surface area contributed by atoms with Crippen molar-refractivity contribution in [3.05, 3.63) is 0 Å². The fourth-order valence-electron chi connectivity index (χ4n) is 3.38. The third-order valence-corrected chi connectivity index (χ3v) is 4.47. The standard InChI is InChI=1S/C16H29NO3/c1-3-8-13(4-2)17-14(18)11-16(12-15(19)20)9-6-5-7-10-16/h13H,3-12H2,1-2H3,(H,17,18)(H,19,20). The maximum absolute atomic E-state index is 12.2. The number of nitrogens with one attached hydrogen (secondary N) is 1. The van der Waals surface area contributed by atoms with Crippen molar-refractivity contribution in [3.63, 3.8) is 0 Å². The fraction of sp³-hybridized carbons (Fsp3) is 0.875. The SMILES string of the molecule is CCCC(CC)NC(=O)CC1(CC(=O)O)CCCCC1. The lowest BCUT2D eigenvalue weighted by atomic mass is 9.69. The predicted molar refractivity (Wildman–Crippen MR) is 79.5 cm³/mol. The Morgan fingerprint density at radius 3 is 2.30 bits per heavy atom. The summed E-state index contributed by atoms with van der Waals surface area (Å²) in [6, 6.07) is 0.234. The lowest BCUT2D eigenvalue weighted by molar-refractivity contribution is -0.141. The van der Waals surface area contributed by atoms with Crippen molar-refractivity contribution >= 4 is 11.9 Å². The monoisotopic (exact) mass is 283 g/mol. The normalized spacial score (nSPS) is 19.3. The molecule has 1 saturated carbocycles. The minimum atomic E-state index is -0.778. The van der Waals surface area contributed by atoms with Crippen molar-refractivity contribution in [2.45, 2.75) is 84.1 Å². The van der Waals surface area contributed by atoms with Crippen molar-refractivity contribution in [2.75, 3.05) is 0 Å². The molecule has 0 bridgehead atoms. The maximum Gasteiger partial charge on any atom is 0.303 e. The van der Waals surface area contributed by atoms with Crippen molar-refractivity contribution in [2.24, 2.45) is 5.41 Å². The van der Waals surface area contributed by atoms with E-state index < -0.39 is 5.97 Å². The molecule has 0 aliphatic heterocycles. The van der Waals surface area contributed by atoms with Crippen LogP contribution in [0, 0.1) is 5.41 Å². The molecule has 0 spiro atoms. The van der Waals surface area contributed by atoms with E-state index in [9.17, 15) is 9.59 Å². The minimum Gasteiger partial charge on any atom is -0.481 e. The van der Waals surface area contributed by atoms with E-state index in [1.165, 1.54) is 0 Å². The van der Waals surface area contributed by atoms with Gasteiger partial charge in [-0.05, 0) is 31.1 Å². The molecular formula is C16H29NO3. The minimum absolute atomic E-state index is 0.0356. The zero-order valence-corrected chi connectivity index (χ0v) is 12.9. The Bertz CT molecular complexity index is 322. The average molecular weight is 283 g/mol. The van der Waals surface area contributed by atoms with Gasteiger partial charge in [-0.15, -0.1) is 0 Å². The first kappa shape index (κ1) is 17.0. The summed E-state index contributed by atoms with van der Waals surface area (Å²) in [6.07, 6.45) is 8.49. The quantitative estimate of drug-likeness (QED) is 0.716. The third-order valence-electron chi connectivity index (χ3n) is 4.47. The van der Waals surface area contributed by atoms with Gasteiger partial charge in [0, 0.05) is 12.5 Å². The summed E-state index contributed by atoms with van der Waals surface area (Å²) in [5, 5.41) is 12.2. The molecule has 1 rings (SSSR count). The van der Waals surface area contributed by atoms with Gasteiger partial charge in [-0.1, -0.05) is 39.5 Å². The largest absolute Gasteiger partial charge is 0.481 e. The van der Waals surface area contributed by atoms with Gasteiger partial charge in [-0.25, -0.2) is 0 Å².